The van der Waals surface area contributed by atoms with E-state index in [0.717, 1.165) is 24.5 Å². The predicted octanol–water partition coefficient (Wildman–Crippen LogP) is 0.401. The van der Waals surface area contributed by atoms with Gasteiger partial charge in [-0.05, 0) is 12.1 Å². The molecule has 6 heteroatoms. The maximum Gasteiger partial charge on any atom is 0.331 e. The zero-order valence-electron chi connectivity index (χ0n) is 10.4. The molecular weight excluding hydrogens is 232 g/mol. The van der Waals surface area contributed by atoms with E-state index in [-0.39, 0.29) is 6.03 Å². The van der Waals surface area contributed by atoms with E-state index >= 15 is 0 Å². The van der Waals surface area contributed by atoms with Crippen molar-refractivity contribution in [2.24, 2.45) is 5.84 Å². The van der Waals surface area contributed by atoms with Gasteiger partial charge in [-0.25, -0.2) is 10.6 Å². The molecule has 0 bridgehead atoms. The molecule has 1 aromatic carbocycles. The van der Waals surface area contributed by atoms with Crippen molar-refractivity contribution in [1.29, 1.82) is 0 Å². The molecule has 1 aliphatic heterocycles. The maximum absolute atomic E-state index is 11.4. The van der Waals surface area contributed by atoms with Gasteiger partial charge in [0.1, 0.15) is 5.75 Å². The van der Waals surface area contributed by atoms with Crippen LogP contribution in [-0.4, -0.2) is 44.2 Å². The number of benzene rings is 1. The Balaban J connectivity index is 1.98. The molecule has 0 aromatic heterocycles. The lowest BCUT2D eigenvalue weighted by Gasteiger charge is -2.35. The highest BCUT2D eigenvalue weighted by Gasteiger charge is 2.20. The third kappa shape index (κ3) is 2.65. The number of anilines is 1. The Bertz CT molecular complexity index is 416. The molecule has 6 nitrogen and oxygen atoms in total. The molecule has 1 aliphatic rings. The molecule has 2 amide bonds. The van der Waals surface area contributed by atoms with Crippen molar-refractivity contribution in [3.05, 3.63) is 24.3 Å². The summed E-state index contributed by atoms with van der Waals surface area (Å²) in [7, 11) is 1.66. The average Bonchev–Trinajstić information content (AvgIpc) is 2.46. The van der Waals surface area contributed by atoms with Crippen LogP contribution in [0.1, 0.15) is 0 Å². The number of hydrazine groups is 1. The van der Waals surface area contributed by atoms with Gasteiger partial charge in [-0.3, -0.25) is 5.43 Å². The van der Waals surface area contributed by atoms with E-state index in [4.69, 9.17) is 10.6 Å². The minimum atomic E-state index is -0.222. The number of piperazine rings is 1. The minimum Gasteiger partial charge on any atom is -0.497 e. The van der Waals surface area contributed by atoms with Crippen LogP contribution in [0.25, 0.3) is 0 Å². The van der Waals surface area contributed by atoms with Gasteiger partial charge in [-0.15, -0.1) is 0 Å². The number of nitrogens with zero attached hydrogens (tertiary/aromatic N) is 2. The van der Waals surface area contributed by atoms with Gasteiger partial charge in [-0.2, -0.15) is 0 Å². The van der Waals surface area contributed by atoms with Crippen molar-refractivity contribution in [2.75, 3.05) is 38.2 Å². The molecule has 18 heavy (non-hydrogen) atoms. The van der Waals surface area contributed by atoms with E-state index in [1.54, 1.807) is 12.0 Å². The molecule has 0 unspecified atom stereocenters. The van der Waals surface area contributed by atoms with Gasteiger partial charge in [0.2, 0.25) is 0 Å². The van der Waals surface area contributed by atoms with Crippen molar-refractivity contribution in [2.45, 2.75) is 0 Å². The summed E-state index contributed by atoms with van der Waals surface area (Å²) in [6.07, 6.45) is 0. The smallest absolute Gasteiger partial charge is 0.331 e. The number of amides is 2. The number of methoxy groups -OCH3 is 1. The highest BCUT2D eigenvalue weighted by Crippen LogP contribution is 2.21. The number of carbonyl (C=O) groups is 1. The molecule has 1 heterocycles. The van der Waals surface area contributed by atoms with Gasteiger partial charge < -0.3 is 14.5 Å². The van der Waals surface area contributed by atoms with Gasteiger partial charge >= 0.3 is 6.03 Å². The average molecular weight is 250 g/mol. The summed E-state index contributed by atoms with van der Waals surface area (Å²) in [5.74, 6) is 5.96. The Kier molecular flexibility index (Phi) is 3.88. The number of hydrogen-bond acceptors (Lipinski definition) is 4. The Morgan fingerprint density at radius 2 is 2.06 bits per heavy atom. The van der Waals surface area contributed by atoms with Crippen LogP contribution in [0.5, 0.6) is 5.75 Å². The Hall–Kier alpha value is -1.95. The first-order valence-electron chi connectivity index (χ1n) is 5.89. The lowest BCUT2D eigenvalue weighted by atomic mass is 10.2. The molecule has 0 saturated carbocycles. The third-order valence-corrected chi connectivity index (χ3v) is 3.11. The summed E-state index contributed by atoms with van der Waals surface area (Å²) in [5.41, 5.74) is 3.27. The molecule has 3 N–H and O–H groups in total. The SMILES string of the molecule is COc1cccc(N2CCN(C(=O)NN)CC2)c1. The van der Waals surface area contributed by atoms with Gasteiger partial charge in [-0.1, -0.05) is 6.07 Å². The Morgan fingerprint density at radius 1 is 1.33 bits per heavy atom. The molecule has 0 aliphatic carbocycles. The van der Waals surface area contributed by atoms with Gasteiger partial charge in [0.25, 0.3) is 0 Å². The predicted molar refractivity (Wildman–Crippen MR) is 69.5 cm³/mol. The fraction of sp³-hybridized carbons (Fsp3) is 0.417. The van der Waals surface area contributed by atoms with Crippen LogP contribution in [0.15, 0.2) is 24.3 Å². The van der Waals surface area contributed by atoms with Gasteiger partial charge in [0, 0.05) is 37.9 Å². The topological polar surface area (TPSA) is 70.8 Å². The standard InChI is InChI=1S/C12H18N4O2/c1-18-11-4-2-3-10(9-11)15-5-7-16(8-6-15)12(17)14-13/h2-4,9H,5-8,13H2,1H3,(H,14,17). The molecule has 1 aromatic rings. The summed E-state index contributed by atoms with van der Waals surface area (Å²) < 4.78 is 5.20. The lowest BCUT2D eigenvalue weighted by molar-refractivity contribution is 0.194. The maximum atomic E-state index is 11.4. The molecule has 0 atom stereocenters. The second-order valence-corrected chi connectivity index (χ2v) is 4.13. The van der Waals surface area contributed by atoms with Crippen LogP contribution in [0.3, 0.4) is 0 Å². The number of carbonyl (C=O) groups excluding carboxylic acids is 1. The number of hydrogen-bond donors (Lipinski definition) is 2. The van der Waals surface area contributed by atoms with Crippen LogP contribution in [0.2, 0.25) is 0 Å². The Morgan fingerprint density at radius 3 is 2.67 bits per heavy atom. The van der Waals surface area contributed by atoms with Gasteiger partial charge in [0.05, 0.1) is 7.11 Å². The van der Waals surface area contributed by atoms with Crippen molar-refractivity contribution in [3.8, 4) is 5.75 Å². The summed E-state index contributed by atoms with van der Waals surface area (Å²) in [4.78, 5) is 15.3. The number of ether oxygens (including phenoxy) is 1. The van der Waals surface area contributed by atoms with E-state index in [2.05, 4.69) is 10.3 Å². The van der Waals surface area contributed by atoms with Crippen LogP contribution >= 0.6 is 0 Å². The normalized spacial score (nSPS) is 15.4. The summed E-state index contributed by atoms with van der Waals surface area (Å²) in [6.45, 7) is 2.92. The first-order valence-corrected chi connectivity index (χ1v) is 5.89. The van der Waals surface area contributed by atoms with Gasteiger partial charge in [0.15, 0.2) is 0 Å². The molecule has 1 fully saturated rings. The van der Waals surface area contributed by atoms with Crippen molar-refractivity contribution < 1.29 is 9.53 Å². The fourth-order valence-electron chi connectivity index (χ4n) is 2.07. The highest BCUT2D eigenvalue weighted by molar-refractivity contribution is 5.73. The minimum absolute atomic E-state index is 0.222. The second-order valence-electron chi connectivity index (χ2n) is 4.13. The molecule has 98 valence electrons. The van der Waals surface area contributed by atoms with E-state index in [9.17, 15) is 4.79 Å². The fourth-order valence-corrected chi connectivity index (χ4v) is 2.07. The monoisotopic (exact) mass is 250 g/mol. The molecule has 2 rings (SSSR count). The zero-order chi connectivity index (χ0) is 13.0. The van der Waals surface area contributed by atoms with E-state index in [1.807, 2.05) is 24.3 Å². The first-order chi connectivity index (χ1) is 8.74. The number of nitrogens with one attached hydrogen (secondary N) is 1. The lowest BCUT2D eigenvalue weighted by Crippen LogP contribution is -2.53. The molecule has 1 saturated heterocycles. The van der Waals surface area contributed by atoms with Crippen molar-refractivity contribution in [1.82, 2.24) is 10.3 Å². The highest BCUT2D eigenvalue weighted by atomic mass is 16.5. The van der Waals surface area contributed by atoms with Crippen LogP contribution in [0, 0.1) is 0 Å². The van der Waals surface area contributed by atoms with Crippen LogP contribution in [-0.2, 0) is 0 Å². The number of urea groups is 1. The summed E-state index contributed by atoms with van der Waals surface area (Å²) >= 11 is 0. The van der Waals surface area contributed by atoms with Crippen LogP contribution in [0.4, 0.5) is 10.5 Å². The largest absolute Gasteiger partial charge is 0.497 e. The van der Waals surface area contributed by atoms with E-state index in [1.165, 1.54) is 0 Å². The molecule has 0 radical (unpaired) electrons. The summed E-state index contributed by atoms with van der Waals surface area (Å²) in [6, 6.07) is 7.70. The molecule has 0 spiro atoms. The summed E-state index contributed by atoms with van der Waals surface area (Å²) in [5, 5.41) is 0. The van der Waals surface area contributed by atoms with E-state index in [0.29, 0.717) is 13.1 Å². The van der Waals surface area contributed by atoms with Crippen molar-refractivity contribution in [3.63, 3.8) is 0 Å². The number of rotatable bonds is 2. The Labute approximate surface area is 106 Å². The zero-order valence-corrected chi connectivity index (χ0v) is 10.4. The second kappa shape index (κ2) is 5.59. The van der Waals surface area contributed by atoms with Crippen molar-refractivity contribution >= 4 is 11.7 Å². The molecular formula is C12H18N4O2. The third-order valence-electron chi connectivity index (χ3n) is 3.11. The number of nitrogens with two attached hydrogens (primary N) is 1. The quantitative estimate of drug-likeness (QED) is 0.453. The van der Waals surface area contributed by atoms with E-state index < -0.39 is 0 Å². The first kappa shape index (κ1) is 12.5. The van der Waals surface area contributed by atoms with Crippen LogP contribution < -0.4 is 20.9 Å².